The number of benzene rings is 1. The lowest BCUT2D eigenvalue weighted by atomic mass is 10.0. The van der Waals surface area contributed by atoms with E-state index in [1.165, 1.54) is 7.11 Å². The molecule has 2 rings (SSSR count). The van der Waals surface area contributed by atoms with Gasteiger partial charge in [-0.15, -0.1) is 0 Å². The molecule has 0 aliphatic carbocycles. The molecule has 0 unspecified atom stereocenters. The number of nitrogens with zero attached hydrogens (tertiary/aromatic N) is 2. The smallest absolute Gasteiger partial charge is 0.433 e. The number of halogens is 3. The van der Waals surface area contributed by atoms with Crippen LogP contribution in [-0.4, -0.2) is 17.1 Å². The third-order valence-electron chi connectivity index (χ3n) is 3.05. The lowest BCUT2D eigenvalue weighted by molar-refractivity contribution is -0.141. The number of aromatic nitrogens is 2. The first-order valence-corrected chi connectivity index (χ1v) is 6.09. The Morgan fingerprint density at radius 1 is 1.05 bits per heavy atom. The van der Waals surface area contributed by atoms with Crippen LogP contribution in [0.1, 0.15) is 16.8 Å². The summed E-state index contributed by atoms with van der Waals surface area (Å²) in [6, 6.07) is 4.36. The SMILES string of the molecule is COc1cc(C)c(-c2cc(C(F)(F)F)nc(N)n2)cc1C. The van der Waals surface area contributed by atoms with E-state index in [4.69, 9.17) is 10.5 Å². The van der Waals surface area contributed by atoms with Gasteiger partial charge in [0.1, 0.15) is 5.75 Å². The zero-order valence-electron chi connectivity index (χ0n) is 11.7. The zero-order chi connectivity index (χ0) is 15.8. The topological polar surface area (TPSA) is 61.0 Å². The molecule has 0 aliphatic rings. The molecule has 1 aromatic heterocycles. The monoisotopic (exact) mass is 297 g/mol. The van der Waals surface area contributed by atoms with Crippen molar-refractivity contribution in [3.05, 3.63) is 35.0 Å². The van der Waals surface area contributed by atoms with Crippen LogP contribution in [0.2, 0.25) is 0 Å². The van der Waals surface area contributed by atoms with Gasteiger partial charge in [0.25, 0.3) is 0 Å². The molecule has 2 N–H and O–H groups in total. The second-order valence-corrected chi connectivity index (χ2v) is 4.63. The van der Waals surface area contributed by atoms with Crippen LogP contribution in [0.15, 0.2) is 18.2 Å². The Balaban J connectivity index is 2.62. The molecule has 0 radical (unpaired) electrons. The Morgan fingerprint density at radius 3 is 2.29 bits per heavy atom. The van der Waals surface area contributed by atoms with Gasteiger partial charge in [-0.05, 0) is 43.2 Å². The normalized spacial score (nSPS) is 11.5. The summed E-state index contributed by atoms with van der Waals surface area (Å²) >= 11 is 0. The number of anilines is 1. The molecule has 0 fully saturated rings. The molecule has 21 heavy (non-hydrogen) atoms. The van der Waals surface area contributed by atoms with E-state index in [0.717, 1.165) is 17.2 Å². The van der Waals surface area contributed by atoms with E-state index in [0.29, 0.717) is 11.3 Å². The van der Waals surface area contributed by atoms with Crippen LogP contribution >= 0.6 is 0 Å². The van der Waals surface area contributed by atoms with Gasteiger partial charge in [-0.25, -0.2) is 9.97 Å². The van der Waals surface area contributed by atoms with Gasteiger partial charge in [0.05, 0.1) is 12.8 Å². The number of nitrogen functional groups attached to an aromatic ring is 1. The van der Waals surface area contributed by atoms with Gasteiger partial charge in [-0.1, -0.05) is 0 Å². The molecule has 1 heterocycles. The molecule has 0 atom stereocenters. The Bertz CT molecular complexity index is 684. The van der Waals surface area contributed by atoms with E-state index in [2.05, 4.69) is 9.97 Å². The summed E-state index contributed by atoms with van der Waals surface area (Å²) in [5, 5.41) is 0. The molecular formula is C14H14F3N3O. The molecule has 0 amide bonds. The molecule has 0 saturated heterocycles. The van der Waals surface area contributed by atoms with Crippen molar-refractivity contribution < 1.29 is 17.9 Å². The Morgan fingerprint density at radius 2 is 1.71 bits per heavy atom. The number of nitrogens with two attached hydrogens (primary N) is 1. The van der Waals surface area contributed by atoms with E-state index in [-0.39, 0.29) is 5.69 Å². The minimum Gasteiger partial charge on any atom is -0.496 e. The third kappa shape index (κ3) is 3.07. The Kier molecular flexibility index (Phi) is 3.76. The molecule has 1 aromatic carbocycles. The number of rotatable bonds is 2. The van der Waals surface area contributed by atoms with E-state index in [9.17, 15) is 13.2 Å². The molecule has 112 valence electrons. The largest absolute Gasteiger partial charge is 0.496 e. The number of aryl methyl sites for hydroxylation is 2. The van der Waals surface area contributed by atoms with Gasteiger partial charge in [-0.2, -0.15) is 13.2 Å². The van der Waals surface area contributed by atoms with Crippen LogP contribution in [0, 0.1) is 13.8 Å². The summed E-state index contributed by atoms with van der Waals surface area (Å²) in [7, 11) is 1.53. The Labute approximate surface area is 119 Å². The summed E-state index contributed by atoms with van der Waals surface area (Å²) in [5.41, 5.74) is 6.57. The van der Waals surface area contributed by atoms with Crippen LogP contribution in [0.4, 0.5) is 19.1 Å². The van der Waals surface area contributed by atoms with Crippen molar-refractivity contribution >= 4 is 5.95 Å². The molecule has 0 spiro atoms. The summed E-state index contributed by atoms with van der Waals surface area (Å²) < 4.78 is 43.6. The highest BCUT2D eigenvalue weighted by molar-refractivity contribution is 5.67. The van der Waals surface area contributed by atoms with E-state index in [1.54, 1.807) is 26.0 Å². The van der Waals surface area contributed by atoms with Crippen LogP contribution in [0.5, 0.6) is 5.75 Å². The highest BCUT2D eigenvalue weighted by Gasteiger charge is 2.33. The first-order valence-electron chi connectivity index (χ1n) is 6.09. The number of ether oxygens (including phenoxy) is 1. The highest BCUT2D eigenvalue weighted by atomic mass is 19.4. The Hall–Kier alpha value is -2.31. The van der Waals surface area contributed by atoms with Gasteiger partial charge in [0.2, 0.25) is 5.95 Å². The fraction of sp³-hybridized carbons (Fsp3) is 0.286. The summed E-state index contributed by atoms with van der Waals surface area (Å²) in [6.45, 7) is 3.57. The van der Waals surface area contributed by atoms with Crippen molar-refractivity contribution in [1.82, 2.24) is 9.97 Å². The number of hydrogen-bond donors (Lipinski definition) is 1. The predicted molar refractivity (Wildman–Crippen MR) is 72.9 cm³/mol. The van der Waals surface area contributed by atoms with Crippen molar-refractivity contribution in [3.8, 4) is 17.0 Å². The van der Waals surface area contributed by atoms with Crippen LogP contribution in [0.25, 0.3) is 11.3 Å². The first-order chi connectivity index (χ1) is 9.72. The standard InChI is InChI=1S/C14H14F3N3O/c1-7-5-11(21-3)8(2)4-9(7)10-6-12(14(15,16)17)20-13(18)19-10/h4-6H,1-3H3,(H2,18,19,20). The number of alkyl halides is 3. The summed E-state index contributed by atoms with van der Waals surface area (Å²) in [4.78, 5) is 7.13. The highest BCUT2D eigenvalue weighted by Crippen LogP contribution is 2.33. The molecule has 4 nitrogen and oxygen atoms in total. The fourth-order valence-corrected chi connectivity index (χ4v) is 2.03. The van der Waals surface area contributed by atoms with Crippen molar-refractivity contribution in [3.63, 3.8) is 0 Å². The molecule has 0 saturated carbocycles. The van der Waals surface area contributed by atoms with Gasteiger partial charge in [-0.3, -0.25) is 0 Å². The van der Waals surface area contributed by atoms with Crippen LogP contribution in [-0.2, 0) is 6.18 Å². The molecule has 0 bridgehead atoms. The lowest BCUT2D eigenvalue weighted by Crippen LogP contribution is -2.11. The first kappa shape index (κ1) is 15.1. The second-order valence-electron chi connectivity index (χ2n) is 4.63. The van der Waals surface area contributed by atoms with Gasteiger partial charge in [0.15, 0.2) is 5.69 Å². The van der Waals surface area contributed by atoms with Crippen molar-refractivity contribution in [2.24, 2.45) is 0 Å². The van der Waals surface area contributed by atoms with E-state index >= 15 is 0 Å². The van der Waals surface area contributed by atoms with Crippen molar-refractivity contribution in [1.29, 1.82) is 0 Å². The second kappa shape index (κ2) is 5.23. The maximum atomic E-state index is 12.8. The van der Waals surface area contributed by atoms with E-state index in [1.807, 2.05) is 0 Å². The average Bonchev–Trinajstić information content (AvgIpc) is 2.39. The van der Waals surface area contributed by atoms with Crippen molar-refractivity contribution in [2.45, 2.75) is 20.0 Å². The van der Waals surface area contributed by atoms with Crippen molar-refractivity contribution in [2.75, 3.05) is 12.8 Å². The molecule has 0 aliphatic heterocycles. The predicted octanol–water partition coefficient (Wildman–Crippen LogP) is 3.37. The molecular weight excluding hydrogens is 283 g/mol. The summed E-state index contributed by atoms with van der Waals surface area (Å²) in [6.07, 6.45) is -4.57. The van der Waals surface area contributed by atoms with Crippen LogP contribution < -0.4 is 10.5 Å². The van der Waals surface area contributed by atoms with Gasteiger partial charge in [0, 0.05) is 5.56 Å². The number of methoxy groups -OCH3 is 1. The van der Waals surface area contributed by atoms with Gasteiger partial charge >= 0.3 is 6.18 Å². The maximum absolute atomic E-state index is 12.8. The summed E-state index contributed by atoms with van der Waals surface area (Å²) in [5.74, 6) is 0.252. The van der Waals surface area contributed by atoms with E-state index < -0.39 is 17.8 Å². The average molecular weight is 297 g/mol. The maximum Gasteiger partial charge on any atom is 0.433 e. The molecule has 2 aromatic rings. The molecule has 7 heteroatoms. The van der Waals surface area contributed by atoms with Crippen LogP contribution in [0.3, 0.4) is 0 Å². The zero-order valence-corrected chi connectivity index (χ0v) is 11.7. The fourth-order valence-electron chi connectivity index (χ4n) is 2.03. The minimum atomic E-state index is -4.57. The van der Waals surface area contributed by atoms with Gasteiger partial charge < -0.3 is 10.5 Å². The quantitative estimate of drug-likeness (QED) is 0.923. The third-order valence-corrected chi connectivity index (χ3v) is 3.05. The lowest BCUT2D eigenvalue weighted by Gasteiger charge is -2.13. The minimum absolute atomic E-state index is 0.137. The number of hydrogen-bond acceptors (Lipinski definition) is 4.